The van der Waals surface area contributed by atoms with Crippen molar-refractivity contribution in [3.8, 4) is 0 Å². The lowest BCUT2D eigenvalue weighted by atomic mass is 10.1. The number of hydrogen-bond acceptors (Lipinski definition) is 2. The molecule has 0 saturated heterocycles. The Morgan fingerprint density at radius 3 is 2.57 bits per heavy atom. The van der Waals surface area contributed by atoms with Crippen molar-refractivity contribution >= 4 is 5.97 Å². The monoisotopic (exact) mass is 203 g/mol. The SMILES string of the molecule is COC(=O)c1c[c]cc(C(F)(F)F)c1. The lowest BCUT2D eigenvalue weighted by molar-refractivity contribution is -0.137. The molecule has 0 atom stereocenters. The topological polar surface area (TPSA) is 26.3 Å². The van der Waals surface area contributed by atoms with Gasteiger partial charge in [-0.1, -0.05) is 0 Å². The zero-order valence-electron chi connectivity index (χ0n) is 7.18. The molecule has 1 rings (SSSR count). The number of hydrogen-bond donors (Lipinski definition) is 0. The molecule has 0 spiro atoms. The average molecular weight is 203 g/mol. The van der Waals surface area contributed by atoms with E-state index < -0.39 is 17.7 Å². The number of esters is 1. The van der Waals surface area contributed by atoms with E-state index >= 15 is 0 Å². The molecular weight excluding hydrogens is 197 g/mol. The van der Waals surface area contributed by atoms with Crippen LogP contribution in [0.4, 0.5) is 13.2 Å². The molecule has 1 aromatic carbocycles. The van der Waals surface area contributed by atoms with Crippen LogP contribution in [-0.2, 0) is 10.9 Å². The highest BCUT2D eigenvalue weighted by Crippen LogP contribution is 2.29. The van der Waals surface area contributed by atoms with Crippen LogP contribution in [0.3, 0.4) is 0 Å². The third-order valence-corrected chi connectivity index (χ3v) is 1.54. The van der Waals surface area contributed by atoms with E-state index in [1.165, 1.54) is 0 Å². The second kappa shape index (κ2) is 3.69. The quantitative estimate of drug-likeness (QED) is 0.654. The minimum atomic E-state index is -4.47. The highest BCUT2D eigenvalue weighted by atomic mass is 19.4. The molecule has 0 aliphatic rings. The van der Waals surface area contributed by atoms with Crippen molar-refractivity contribution in [3.05, 3.63) is 35.4 Å². The van der Waals surface area contributed by atoms with E-state index in [-0.39, 0.29) is 5.56 Å². The predicted molar refractivity (Wildman–Crippen MR) is 41.6 cm³/mol. The third kappa shape index (κ3) is 2.25. The lowest BCUT2D eigenvalue weighted by Gasteiger charge is -2.06. The van der Waals surface area contributed by atoms with Crippen LogP contribution in [0.2, 0.25) is 0 Å². The predicted octanol–water partition coefficient (Wildman–Crippen LogP) is 2.29. The van der Waals surface area contributed by atoms with Crippen molar-refractivity contribution in [1.82, 2.24) is 0 Å². The van der Waals surface area contributed by atoms with E-state index in [0.29, 0.717) is 0 Å². The van der Waals surface area contributed by atoms with Crippen molar-refractivity contribution < 1.29 is 22.7 Å². The van der Waals surface area contributed by atoms with E-state index in [1.807, 2.05) is 0 Å². The maximum Gasteiger partial charge on any atom is 0.416 e. The third-order valence-electron chi connectivity index (χ3n) is 1.54. The molecule has 0 saturated carbocycles. The fourth-order valence-corrected chi connectivity index (χ4v) is 0.871. The fourth-order valence-electron chi connectivity index (χ4n) is 0.871. The Morgan fingerprint density at radius 2 is 2.07 bits per heavy atom. The van der Waals surface area contributed by atoms with E-state index in [9.17, 15) is 18.0 Å². The van der Waals surface area contributed by atoms with Gasteiger partial charge in [0, 0.05) is 0 Å². The molecule has 0 unspecified atom stereocenters. The molecule has 0 fully saturated rings. The van der Waals surface area contributed by atoms with Crippen LogP contribution in [-0.4, -0.2) is 13.1 Å². The highest BCUT2D eigenvalue weighted by Gasteiger charge is 2.30. The van der Waals surface area contributed by atoms with Crippen LogP contribution < -0.4 is 0 Å². The van der Waals surface area contributed by atoms with Crippen molar-refractivity contribution in [2.45, 2.75) is 6.18 Å². The van der Waals surface area contributed by atoms with Gasteiger partial charge in [-0.15, -0.1) is 0 Å². The molecule has 0 bridgehead atoms. The normalized spacial score (nSPS) is 11.1. The molecular formula is C9H6F3O2. The van der Waals surface area contributed by atoms with Gasteiger partial charge in [-0.2, -0.15) is 13.2 Å². The summed E-state index contributed by atoms with van der Waals surface area (Å²) in [5.74, 6) is -0.813. The lowest BCUT2D eigenvalue weighted by Crippen LogP contribution is -2.08. The van der Waals surface area contributed by atoms with Crippen LogP contribution >= 0.6 is 0 Å². The Morgan fingerprint density at radius 1 is 1.43 bits per heavy atom. The van der Waals surface area contributed by atoms with Gasteiger partial charge in [0.2, 0.25) is 0 Å². The molecule has 0 aliphatic carbocycles. The number of alkyl halides is 3. The van der Waals surface area contributed by atoms with Gasteiger partial charge in [0.25, 0.3) is 0 Å². The molecule has 75 valence electrons. The van der Waals surface area contributed by atoms with E-state index in [1.54, 1.807) is 0 Å². The first-order valence-electron chi connectivity index (χ1n) is 3.62. The molecule has 2 nitrogen and oxygen atoms in total. The zero-order valence-corrected chi connectivity index (χ0v) is 7.18. The molecule has 0 aliphatic heterocycles. The number of rotatable bonds is 1. The van der Waals surface area contributed by atoms with Crippen molar-refractivity contribution in [1.29, 1.82) is 0 Å². The molecule has 0 amide bonds. The van der Waals surface area contributed by atoms with Crippen LogP contribution in [0, 0.1) is 6.07 Å². The number of ether oxygens (including phenoxy) is 1. The summed E-state index contributed by atoms with van der Waals surface area (Å²) in [6, 6.07) is 4.87. The van der Waals surface area contributed by atoms with E-state index in [0.717, 1.165) is 25.3 Å². The number of benzene rings is 1. The molecule has 0 heterocycles. The van der Waals surface area contributed by atoms with Gasteiger partial charge in [-0.3, -0.25) is 0 Å². The molecule has 14 heavy (non-hydrogen) atoms. The molecule has 5 heteroatoms. The van der Waals surface area contributed by atoms with Gasteiger partial charge in [-0.05, 0) is 24.3 Å². The Labute approximate surface area is 78.3 Å². The Balaban J connectivity index is 3.08. The maximum absolute atomic E-state index is 12.2. The van der Waals surface area contributed by atoms with Gasteiger partial charge in [0.05, 0.1) is 18.2 Å². The number of methoxy groups -OCH3 is 1. The van der Waals surface area contributed by atoms with Gasteiger partial charge < -0.3 is 4.74 Å². The highest BCUT2D eigenvalue weighted by molar-refractivity contribution is 5.89. The van der Waals surface area contributed by atoms with Gasteiger partial charge in [0.1, 0.15) is 0 Å². The zero-order chi connectivity index (χ0) is 10.8. The summed E-state index contributed by atoms with van der Waals surface area (Å²) in [5, 5.41) is 0. The summed E-state index contributed by atoms with van der Waals surface area (Å²) in [6.45, 7) is 0. The van der Waals surface area contributed by atoms with E-state index in [2.05, 4.69) is 10.8 Å². The number of halogens is 3. The fraction of sp³-hybridized carbons (Fsp3) is 0.222. The first kappa shape index (κ1) is 10.6. The standard InChI is InChI=1S/C9H6F3O2/c1-14-8(13)6-3-2-4-7(5-6)9(10,11)12/h3-5H,1H3. The minimum absolute atomic E-state index is 0.165. The van der Waals surface area contributed by atoms with Gasteiger partial charge in [0.15, 0.2) is 0 Å². The number of carbonyl (C=O) groups is 1. The average Bonchev–Trinajstić information content (AvgIpc) is 2.15. The summed E-state index contributed by atoms with van der Waals surface area (Å²) >= 11 is 0. The molecule has 1 radical (unpaired) electrons. The van der Waals surface area contributed by atoms with Crippen molar-refractivity contribution in [2.75, 3.05) is 7.11 Å². The second-order valence-electron chi connectivity index (χ2n) is 2.50. The van der Waals surface area contributed by atoms with Crippen LogP contribution in [0.25, 0.3) is 0 Å². The Hall–Kier alpha value is -1.52. The van der Waals surface area contributed by atoms with E-state index in [4.69, 9.17) is 0 Å². The Kier molecular flexibility index (Phi) is 2.78. The summed E-state index contributed by atoms with van der Waals surface area (Å²) in [4.78, 5) is 10.9. The largest absolute Gasteiger partial charge is 0.465 e. The summed E-state index contributed by atoms with van der Waals surface area (Å²) in [6.07, 6.45) is -4.47. The summed E-state index contributed by atoms with van der Waals surface area (Å²) in [5.41, 5.74) is -1.08. The van der Waals surface area contributed by atoms with Crippen molar-refractivity contribution in [2.24, 2.45) is 0 Å². The Bertz CT molecular complexity index is 344. The first-order valence-corrected chi connectivity index (χ1v) is 3.62. The number of carbonyl (C=O) groups excluding carboxylic acids is 1. The maximum atomic E-state index is 12.2. The smallest absolute Gasteiger partial charge is 0.416 e. The van der Waals surface area contributed by atoms with Crippen molar-refractivity contribution in [3.63, 3.8) is 0 Å². The van der Waals surface area contributed by atoms with Crippen LogP contribution in [0.5, 0.6) is 0 Å². The van der Waals surface area contributed by atoms with Gasteiger partial charge in [-0.25, -0.2) is 4.79 Å². The summed E-state index contributed by atoms with van der Waals surface area (Å²) in [7, 11) is 1.10. The molecule has 1 aromatic rings. The second-order valence-corrected chi connectivity index (χ2v) is 2.50. The van der Waals surface area contributed by atoms with Gasteiger partial charge >= 0.3 is 12.1 Å². The van der Waals surface area contributed by atoms with Crippen LogP contribution in [0.15, 0.2) is 18.2 Å². The first-order chi connectivity index (χ1) is 6.45. The minimum Gasteiger partial charge on any atom is -0.465 e. The molecule has 0 aromatic heterocycles. The molecule has 0 N–H and O–H groups in total. The summed E-state index contributed by atoms with van der Waals surface area (Å²) < 4.78 is 40.8. The van der Waals surface area contributed by atoms with Crippen LogP contribution in [0.1, 0.15) is 15.9 Å².